The Bertz CT molecular complexity index is 678. The summed E-state index contributed by atoms with van der Waals surface area (Å²) in [6.45, 7) is 4.19. The molecule has 0 radical (unpaired) electrons. The van der Waals surface area contributed by atoms with E-state index >= 15 is 0 Å². The lowest BCUT2D eigenvalue weighted by atomic mass is 10.0. The van der Waals surface area contributed by atoms with Crippen LogP contribution in [-0.2, 0) is 4.74 Å². The summed E-state index contributed by atoms with van der Waals surface area (Å²) in [5.74, 6) is 0.0683. The third-order valence-corrected chi connectivity index (χ3v) is 4.11. The van der Waals surface area contributed by atoms with Crippen molar-refractivity contribution in [2.24, 2.45) is 0 Å². The summed E-state index contributed by atoms with van der Waals surface area (Å²) in [6, 6.07) is 12.2. The summed E-state index contributed by atoms with van der Waals surface area (Å²) in [6.07, 6.45) is -0.447. The van der Waals surface area contributed by atoms with Crippen molar-refractivity contribution in [2.45, 2.75) is 19.1 Å². The van der Waals surface area contributed by atoms with E-state index in [4.69, 9.17) is 21.1 Å². The van der Waals surface area contributed by atoms with E-state index in [1.54, 1.807) is 6.07 Å². The summed E-state index contributed by atoms with van der Waals surface area (Å²) in [4.78, 5) is 0. The molecule has 1 aliphatic heterocycles. The first-order chi connectivity index (χ1) is 11.1. The van der Waals surface area contributed by atoms with Crippen LogP contribution in [0.3, 0.4) is 0 Å². The highest BCUT2D eigenvalue weighted by atomic mass is 35.5. The van der Waals surface area contributed by atoms with Crippen LogP contribution in [0.15, 0.2) is 42.5 Å². The molecule has 3 nitrogen and oxygen atoms in total. The number of ether oxygens (including phenoxy) is 2. The maximum absolute atomic E-state index is 13.2. The van der Waals surface area contributed by atoms with Crippen molar-refractivity contribution in [3.05, 3.63) is 64.4 Å². The maximum Gasteiger partial charge on any atom is 0.151 e. The monoisotopic (exact) mass is 371 g/mol. The van der Waals surface area contributed by atoms with Gasteiger partial charge in [-0.1, -0.05) is 41.4 Å². The third kappa shape index (κ3) is 4.61. The molecular formula is C18H20Cl2FNO2. The average molecular weight is 372 g/mol. The molecule has 0 saturated carbocycles. The Morgan fingerprint density at radius 3 is 2.79 bits per heavy atom. The molecule has 1 fully saturated rings. The Labute approximate surface area is 152 Å². The average Bonchev–Trinajstić information content (AvgIpc) is 2.55. The fourth-order valence-electron chi connectivity index (χ4n) is 2.69. The minimum atomic E-state index is -0.384. The molecule has 1 saturated heterocycles. The second-order valence-electron chi connectivity index (χ2n) is 5.64. The van der Waals surface area contributed by atoms with Gasteiger partial charge in [-0.3, -0.25) is 0 Å². The van der Waals surface area contributed by atoms with Gasteiger partial charge in [0.05, 0.1) is 11.6 Å². The van der Waals surface area contributed by atoms with Crippen LogP contribution in [0.5, 0.6) is 5.75 Å². The van der Waals surface area contributed by atoms with E-state index in [-0.39, 0.29) is 35.5 Å². The van der Waals surface area contributed by atoms with Crippen LogP contribution >= 0.6 is 24.0 Å². The smallest absolute Gasteiger partial charge is 0.151 e. The van der Waals surface area contributed by atoms with Gasteiger partial charge in [-0.25, -0.2) is 4.39 Å². The Morgan fingerprint density at radius 2 is 2.12 bits per heavy atom. The number of benzene rings is 2. The van der Waals surface area contributed by atoms with Crippen molar-refractivity contribution in [1.82, 2.24) is 5.32 Å². The highest BCUT2D eigenvalue weighted by molar-refractivity contribution is 6.32. The molecule has 0 spiro atoms. The molecule has 0 aliphatic carbocycles. The van der Waals surface area contributed by atoms with Crippen molar-refractivity contribution in [3.63, 3.8) is 0 Å². The van der Waals surface area contributed by atoms with Crippen molar-refractivity contribution < 1.29 is 13.9 Å². The molecule has 130 valence electrons. The van der Waals surface area contributed by atoms with Gasteiger partial charge in [0, 0.05) is 13.1 Å². The quantitative estimate of drug-likeness (QED) is 0.867. The van der Waals surface area contributed by atoms with Gasteiger partial charge in [-0.15, -0.1) is 12.4 Å². The van der Waals surface area contributed by atoms with Crippen LogP contribution in [0.1, 0.15) is 17.2 Å². The lowest BCUT2D eigenvalue weighted by Gasteiger charge is -2.32. The summed E-state index contributed by atoms with van der Waals surface area (Å²) >= 11 is 6.11. The van der Waals surface area contributed by atoms with Crippen molar-refractivity contribution >= 4 is 24.0 Å². The van der Waals surface area contributed by atoms with Crippen LogP contribution in [0, 0.1) is 12.7 Å². The zero-order valence-electron chi connectivity index (χ0n) is 13.3. The van der Waals surface area contributed by atoms with Gasteiger partial charge in [0.1, 0.15) is 17.7 Å². The van der Waals surface area contributed by atoms with Gasteiger partial charge < -0.3 is 14.8 Å². The third-order valence-electron chi connectivity index (χ3n) is 3.81. The first-order valence-corrected chi connectivity index (χ1v) is 8.02. The fourth-order valence-corrected chi connectivity index (χ4v) is 2.91. The summed E-state index contributed by atoms with van der Waals surface area (Å²) in [5.41, 5.74) is 2.16. The van der Waals surface area contributed by atoms with E-state index in [0.29, 0.717) is 18.9 Å². The number of hydrogen-bond acceptors (Lipinski definition) is 3. The van der Waals surface area contributed by atoms with Gasteiger partial charge in [-0.05, 0) is 30.7 Å². The molecule has 0 bridgehead atoms. The molecule has 0 amide bonds. The molecule has 1 aliphatic rings. The normalized spacial score (nSPS) is 18.5. The molecule has 3 rings (SSSR count). The molecule has 1 N–H and O–H groups in total. The molecule has 0 unspecified atom stereocenters. The number of aryl methyl sites for hydroxylation is 1. The zero-order valence-corrected chi connectivity index (χ0v) is 14.9. The Morgan fingerprint density at radius 1 is 1.29 bits per heavy atom. The number of hydrogen-bond donors (Lipinski definition) is 1. The van der Waals surface area contributed by atoms with Gasteiger partial charge in [0.15, 0.2) is 6.10 Å². The minimum absolute atomic E-state index is 0. The molecule has 24 heavy (non-hydrogen) atoms. The highest BCUT2D eigenvalue weighted by Gasteiger charge is 2.28. The van der Waals surface area contributed by atoms with Crippen LogP contribution in [0.25, 0.3) is 0 Å². The maximum atomic E-state index is 13.2. The van der Waals surface area contributed by atoms with Crippen LogP contribution in [0.4, 0.5) is 4.39 Å². The SMILES string of the molecule is Cc1cccc([C@H](Oc2ccc(F)cc2Cl)[C@@H]2CNCCO2)c1.Cl. The number of morpholine rings is 1. The van der Waals surface area contributed by atoms with E-state index in [9.17, 15) is 4.39 Å². The number of nitrogens with one attached hydrogen (secondary N) is 1. The Hall–Kier alpha value is -1.33. The molecule has 2 atom stereocenters. The van der Waals surface area contributed by atoms with E-state index < -0.39 is 0 Å². The summed E-state index contributed by atoms with van der Waals surface area (Å²) in [5, 5.41) is 3.57. The molecular weight excluding hydrogens is 352 g/mol. The predicted molar refractivity (Wildman–Crippen MR) is 95.8 cm³/mol. The molecule has 2 aromatic rings. The van der Waals surface area contributed by atoms with Gasteiger partial charge in [-0.2, -0.15) is 0 Å². The summed E-state index contributed by atoms with van der Waals surface area (Å²) in [7, 11) is 0. The Balaban J connectivity index is 0.00000208. The lowest BCUT2D eigenvalue weighted by molar-refractivity contribution is -0.0432. The van der Waals surface area contributed by atoms with Crippen LogP contribution in [-0.4, -0.2) is 25.8 Å². The van der Waals surface area contributed by atoms with Gasteiger partial charge >= 0.3 is 0 Å². The van der Waals surface area contributed by atoms with E-state index in [0.717, 1.165) is 17.7 Å². The van der Waals surface area contributed by atoms with Crippen molar-refractivity contribution in [3.8, 4) is 5.75 Å². The highest BCUT2D eigenvalue weighted by Crippen LogP contribution is 2.32. The molecule has 1 heterocycles. The van der Waals surface area contributed by atoms with Crippen molar-refractivity contribution in [1.29, 1.82) is 0 Å². The van der Waals surface area contributed by atoms with E-state index in [1.807, 2.05) is 25.1 Å². The topological polar surface area (TPSA) is 30.5 Å². The molecule has 6 heteroatoms. The van der Waals surface area contributed by atoms with Gasteiger partial charge in [0.2, 0.25) is 0 Å². The number of halogens is 3. The van der Waals surface area contributed by atoms with Crippen LogP contribution in [0.2, 0.25) is 5.02 Å². The first-order valence-electron chi connectivity index (χ1n) is 7.64. The Kier molecular flexibility index (Phi) is 6.87. The second kappa shape index (κ2) is 8.67. The first kappa shape index (κ1) is 19.0. The number of rotatable bonds is 4. The lowest BCUT2D eigenvalue weighted by Crippen LogP contribution is -2.43. The predicted octanol–water partition coefficient (Wildman–Crippen LogP) is 4.32. The minimum Gasteiger partial charge on any atom is -0.481 e. The van der Waals surface area contributed by atoms with Crippen LogP contribution < -0.4 is 10.1 Å². The molecule has 0 aromatic heterocycles. The molecule has 2 aromatic carbocycles. The van der Waals surface area contributed by atoms with E-state index in [1.165, 1.54) is 12.1 Å². The standard InChI is InChI=1S/C18H19ClFNO2.ClH/c1-12-3-2-4-13(9-12)18(17-11-21-7-8-22-17)23-16-6-5-14(20)10-15(16)19;/h2-6,9-10,17-18,21H,7-8,11H2,1H3;1H/t17-,18-;/m0./s1. The van der Waals surface area contributed by atoms with E-state index in [2.05, 4.69) is 11.4 Å². The van der Waals surface area contributed by atoms with Gasteiger partial charge in [0.25, 0.3) is 0 Å². The zero-order chi connectivity index (χ0) is 16.2. The van der Waals surface area contributed by atoms with Crippen molar-refractivity contribution in [2.75, 3.05) is 19.7 Å². The summed E-state index contributed by atoms with van der Waals surface area (Å²) < 4.78 is 25.2. The fraction of sp³-hybridized carbons (Fsp3) is 0.333. The largest absolute Gasteiger partial charge is 0.481 e. The second-order valence-corrected chi connectivity index (χ2v) is 6.05.